The van der Waals surface area contributed by atoms with Gasteiger partial charge < -0.3 is 4.57 Å². The topological polar surface area (TPSA) is 28.7 Å². The molecule has 3 heterocycles. The molecule has 0 atom stereocenters. The molecule has 0 N–H and O–H groups in total. The second kappa shape index (κ2) is 5.48. The van der Waals surface area contributed by atoms with Crippen LogP contribution in [0.2, 0.25) is 0 Å². The van der Waals surface area contributed by atoms with Gasteiger partial charge in [0.2, 0.25) is 6.71 Å². The van der Waals surface area contributed by atoms with Crippen molar-refractivity contribution in [2.24, 2.45) is 0 Å². The molecule has 0 aliphatic carbocycles. The summed E-state index contributed by atoms with van der Waals surface area (Å²) in [6.45, 7) is 4.87. The van der Waals surface area contributed by atoms with Gasteiger partial charge in [-0.05, 0) is 40.3 Å². The van der Waals surface area contributed by atoms with E-state index >= 15 is 0 Å². The standard InChI is InChI=1S/C28H19BN2/c1-28(2)19-9-4-5-11-21(19)29-22-15-14-17(16-30)25-18-8-3-6-12-23(18)31(27(22)25)24-13-7-10-20(28)26(24)29/h3-15H,1-2H3. The zero-order valence-corrected chi connectivity index (χ0v) is 17.5. The fraction of sp³-hybridized carbons (Fsp3) is 0.107. The van der Waals surface area contributed by atoms with Gasteiger partial charge in [0, 0.05) is 21.9 Å². The third-order valence-corrected chi connectivity index (χ3v) is 7.51. The maximum Gasteiger partial charge on any atom is 0.247 e. The summed E-state index contributed by atoms with van der Waals surface area (Å²) in [4.78, 5) is 0. The molecular weight excluding hydrogens is 375 g/mol. The quantitative estimate of drug-likeness (QED) is 0.356. The van der Waals surface area contributed by atoms with Crippen LogP contribution in [0, 0.1) is 11.3 Å². The summed E-state index contributed by atoms with van der Waals surface area (Å²) >= 11 is 0. The summed E-state index contributed by atoms with van der Waals surface area (Å²) in [5.41, 5.74) is 11.2. The van der Waals surface area contributed by atoms with Crippen molar-refractivity contribution in [3.05, 3.63) is 95.6 Å². The molecule has 0 radical (unpaired) electrons. The maximum atomic E-state index is 9.93. The number of rotatable bonds is 0. The average Bonchev–Trinajstić information content (AvgIpc) is 3.15. The lowest BCUT2D eigenvalue weighted by atomic mass is 9.30. The predicted octanol–water partition coefficient (Wildman–Crippen LogP) is 4.12. The SMILES string of the molecule is CC1(C)c2ccccc2B2c3c(cccc31)-n1c3ccccc3c3c(C#N)ccc2c31. The first-order chi connectivity index (χ1) is 15.1. The van der Waals surface area contributed by atoms with E-state index in [2.05, 4.69) is 97.3 Å². The second-order valence-corrected chi connectivity index (χ2v) is 9.27. The van der Waals surface area contributed by atoms with Crippen molar-refractivity contribution in [1.82, 2.24) is 4.57 Å². The molecule has 2 nitrogen and oxygen atoms in total. The Morgan fingerprint density at radius 2 is 1.58 bits per heavy atom. The summed E-state index contributed by atoms with van der Waals surface area (Å²) < 4.78 is 2.40. The first kappa shape index (κ1) is 17.0. The van der Waals surface area contributed by atoms with Crippen LogP contribution < -0.4 is 16.4 Å². The fourth-order valence-electron chi connectivity index (χ4n) is 6.24. The van der Waals surface area contributed by atoms with Gasteiger partial charge in [-0.15, -0.1) is 0 Å². The smallest absolute Gasteiger partial charge is 0.247 e. The number of fused-ring (bicyclic) bond motifs is 7. The van der Waals surface area contributed by atoms with E-state index in [1.165, 1.54) is 44.2 Å². The van der Waals surface area contributed by atoms with Crippen LogP contribution in [0.5, 0.6) is 0 Å². The molecule has 7 rings (SSSR count). The molecule has 1 aromatic heterocycles. The summed E-state index contributed by atoms with van der Waals surface area (Å²) in [6.07, 6.45) is 0. The van der Waals surface area contributed by atoms with Gasteiger partial charge in [-0.2, -0.15) is 5.26 Å². The Hall–Kier alpha value is -3.77. The fourth-order valence-corrected chi connectivity index (χ4v) is 6.24. The summed E-state index contributed by atoms with van der Waals surface area (Å²) in [6, 6.07) is 30.8. The van der Waals surface area contributed by atoms with Crippen molar-refractivity contribution in [1.29, 1.82) is 5.26 Å². The van der Waals surface area contributed by atoms with Gasteiger partial charge in [-0.1, -0.05) is 80.0 Å². The third kappa shape index (κ3) is 1.85. The summed E-state index contributed by atoms with van der Waals surface area (Å²) in [5, 5.41) is 12.2. The highest BCUT2D eigenvalue weighted by atomic mass is 15.0. The van der Waals surface area contributed by atoms with Crippen molar-refractivity contribution in [2.45, 2.75) is 19.3 Å². The molecule has 0 bridgehead atoms. The number of benzene rings is 4. The van der Waals surface area contributed by atoms with Crippen LogP contribution in [0.25, 0.3) is 27.5 Å². The Morgan fingerprint density at radius 3 is 2.45 bits per heavy atom. The molecule has 0 saturated carbocycles. The van der Waals surface area contributed by atoms with Crippen LogP contribution >= 0.6 is 0 Å². The van der Waals surface area contributed by atoms with Gasteiger partial charge in [0.25, 0.3) is 0 Å². The van der Waals surface area contributed by atoms with Gasteiger partial charge in [0.05, 0.1) is 22.7 Å². The van der Waals surface area contributed by atoms with Crippen LogP contribution in [0.3, 0.4) is 0 Å². The van der Waals surface area contributed by atoms with E-state index < -0.39 is 0 Å². The van der Waals surface area contributed by atoms with Crippen molar-refractivity contribution in [3.63, 3.8) is 0 Å². The first-order valence-electron chi connectivity index (χ1n) is 10.8. The largest absolute Gasteiger partial charge is 0.310 e. The average molecular weight is 394 g/mol. The van der Waals surface area contributed by atoms with Crippen molar-refractivity contribution >= 4 is 44.9 Å². The molecule has 4 aromatic carbocycles. The van der Waals surface area contributed by atoms with Gasteiger partial charge >= 0.3 is 0 Å². The van der Waals surface area contributed by atoms with Crippen LogP contribution in [-0.4, -0.2) is 11.3 Å². The molecule has 0 amide bonds. The Balaban J connectivity index is 1.78. The van der Waals surface area contributed by atoms with Crippen molar-refractivity contribution in [3.8, 4) is 11.8 Å². The van der Waals surface area contributed by atoms with E-state index in [4.69, 9.17) is 0 Å². The van der Waals surface area contributed by atoms with E-state index in [1.807, 2.05) is 6.07 Å². The summed E-state index contributed by atoms with van der Waals surface area (Å²) in [7, 11) is 0. The number of aromatic nitrogens is 1. The maximum absolute atomic E-state index is 9.93. The molecule has 0 fully saturated rings. The lowest BCUT2D eigenvalue weighted by molar-refractivity contribution is 0.645. The molecule has 3 heteroatoms. The number of nitriles is 1. The minimum atomic E-state index is -0.0649. The molecule has 0 spiro atoms. The molecular formula is C28H19BN2. The van der Waals surface area contributed by atoms with Crippen LogP contribution in [0.1, 0.15) is 30.5 Å². The Morgan fingerprint density at radius 1 is 0.806 bits per heavy atom. The highest BCUT2D eigenvalue weighted by molar-refractivity contribution is 6.99. The zero-order chi connectivity index (χ0) is 20.9. The van der Waals surface area contributed by atoms with Crippen LogP contribution in [-0.2, 0) is 5.41 Å². The lowest BCUT2D eigenvalue weighted by Crippen LogP contribution is -2.63. The minimum Gasteiger partial charge on any atom is -0.310 e. The molecule has 5 aromatic rings. The molecule has 2 aliphatic rings. The van der Waals surface area contributed by atoms with Gasteiger partial charge in [-0.3, -0.25) is 0 Å². The Bertz CT molecular complexity index is 1630. The van der Waals surface area contributed by atoms with Gasteiger partial charge in [0.15, 0.2) is 0 Å². The number of hydrogen-bond donors (Lipinski definition) is 0. The van der Waals surface area contributed by atoms with Crippen LogP contribution in [0.4, 0.5) is 0 Å². The monoisotopic (exact) mass is 394 g/mol. The van der Waals surface area contributed by atoms with Crippen molar-refractivity contribution in [2.75, 3.05) is 0 Å². The minimum absolute atomic E-state index is 0.0649. The van der Waals surface area contributed by atoms with Gasteiger partial charge in [-0.25, -0.2) is 0 Å². The van der Waals surface area contributed by atoms with E-state index in [0.29, 0.717) is 0 Å². The second-order valence-electron chi connectivity index (χ2n) is 9.27. The zero-order valence-electron chi connectivity index (χ0n) is 17.5. The van der Waals surface area contributed by atoms with E-state index in [-0.39, 0.29) is 12.1 Å². The van der Waals surface area contributed by atoms with Crippen molar-refractivity contribution < 1.29 is 0 Å². The van der Waals surface area contributed by atoms with E-state index in [0.717, 1.165) is 16.3 Å². The number of hydrogen-bond acceptors (Lipinski definition) is 1. The van der Waals surface area contributed by atoms with Crippen LogP contribution in [0.15, 0.2) is 78.9 Å². The predicted molar refractivity (Wildman–Crippen MR) is 129 cm³/mol. The van der Waals surface area contributed by atoms with Gasteiger partial charge in [0.1, 0.15) is 0 Å². The summed E-state index contributed by atoms with van der Waals surface area (Å²) in [5.74, 6) is 0. The number of para-hydroxylation sites is 1. The lowest BCUT2D eigenvalue weighted by Gasteiger charge is -2.41. The molecule has 0 saturated heterocycles. The molecule has 144 valence electrons. The Kier molecular flexibility index (Phi) is 3.00. The highest BCUT2D eigenvalue weighted by Crippen LogP contribution is 2.39. The normalized spacial score (nSPS) is 14.9. The molecule has 0 unspecified atom stereocenters. The third-order valence-electron chi connectivity index (χ3n) is 7.51. The van der Waals surface area contributed by atoms with E-state index in [1.54, 1.807) is 0 Å². The van der Waals surface area contributed by atoms with E-state index in [9.17, 15) is 5.26 Å². The number of nitrogens with zero attached hydrogens (tertiary/aromatic N) is 2. The first-order valence-corrected chi connectivity index (χ1v) is 10.8. The molecule has 2 aliphatic heterocycles. The Labute approximate surface area is 181 Å². The molecule has 31 heavy (non-hydrogen) atoms. The highest BCUT2D eigenvalue weighted by Gasteiger charge is 2.44.